The summed E-state index contributed by atoms with van der Waals surface area (Å²) < 4.78 is 43.9. The molecule has 9 heteroatoms. The van der Waals surface area contributed by atoms with Gasteiger partial charge in [-0.15, -0.1) is 0 Å². The van der Waals surface area contributed by atoms with Crippen molar-refractivity contribution in [2.75, 3.05) is 14.2 Å². The van der Waals surface area contributed by atoms with Crippen LogP contribution in [0, 0.1) is 11.3 Å². The molecule has 0 bridgehead atoms. The van der Waals surface area contributed by atoms with Crippen LogP contribution < -0.4 is 18.9 Å². The molecular weight excluding hydrogens is 440 g/mol. The Morgan fingerprint density at radius 2 is 1.61 bits per heavy atom. The second-order valence-electron chi connectivity index (χ2n) is 6.34. The lowest BCUT2D eigenvalue weighted by atomic mass is 10.2. The molecule has 0 fully saturated rings. The average molecular weight is 459 g/mol. The van der Waals surface area contributed by atoms with E-state index in [4.69, 9.17) is 25.8 Å². The molecule has 7 nitrogen and oxygen atoms in total. The smallest absolute Gasteiger partial charge is 0.240 e. The molecule has 0 aliphatic carbocycles. The van der Waals surface area contributed by atoms with Gasteiger partial charge in [-0.1, -0.05) is 17.7 Å². The maximum atomic E-state index is 12.7. The summed E-state index contributed by atoms with van der Waals surface area (Å²) in [7, 11) is -0.721. The second-order valence-corrected chi connectivity index (χ2v) is 8.52. The van der Waals surface area contributed by atoms with Crippen LogP contribution in [0.3, 0.4) is 0 Å². The maximum absolute atomic E-state index is 12.7. The van der Waals surface area contributed by atoms with E-state index in [2.05, 4.69) is 4.72 Å². The van der Waals surface area contributed by atoms with Gasteiger partial charge in [0.15, 0.2) is 0 Å². The summed E-state index contributed by atoms with van der Waals surface area (Å²) >= 11 is 6.00. The number of sulfonamides is 1. The maximum Gasteiger partial charge on any atom is 0.240 e. The lowest BCUT2D eigenvalue weighted by Crippen LogP contribution is -2.23. The minimum absolute atomic E-state index is 0.0577. The third-order valence-electron chi connectivity index (χ3n) is 4.33. The summed E-state index contributed by atoms with van der Waals surface area (Å²) in [5, 5.41) is 9.50. The van der Waals surface area contributed by atoms with Crippen molar-refractivity contribution in [2.24, 2.45) is 0 Å². The van der Waals surface area contributed by atoms with Crippen molar-refractivity contribution in [1.29, 1.82) is 5.26 Å². The summed E-state index contributed by atoms with van der Waals surface area (Å²) in [6.07, 6.45) is 0. The molecule has 3 aromatic rings. The van der Waals surface area contributed by atoms with Gasteiger partial charge < -0.3 is 14.2 Å². The van der Waals surface area contributed by atoms with Gasteiger partial charge in [-0.3, -0.25) is 0 Å². The Kier molecular flexibility index (Phi) is 7.02. The molecule has 0 amide bonds. The molecule has 3 rings (SSSR count). The van der Waals surface area contributed by atoms with Crippen molar-refractivity contribution < 1.29 is 22.6 Å². The Labute approximate surface area is 185 Å². The first kappa shape index (κ1) is 22.4. The summed E-state index contributed by atoms with van der Waals surface area (Å²) in [5.41, 5.74) is 0.890. The molecular formula is C22H19ClN2O5S. The standard InChI is InChI=1S/C22H19ClN2O5S/c1-28-17-10-15(11-18(12-17)29-2)14-25-31(26,27)19-8-6-16(7-9-19)30-22-5-3-4-21(23)20(22)13-24/h3-12,25H,14H2,1-2H3. The summed E-state index contributed by atoms with van der Waals surface area (Å²) in [6, 6.07) is 17.8. The van der Waals surface area contributed by atoms with Crippen molar-refractivity contribution in [3.63, 3.8) is 0 Å². The fraction of sp³-hybridized carbons (Fsp3) is 0.136. The predicted molar refractivity (Wildman–Crippen MR) is 116 cm³/mol. The van der Waals surface area contributed by atoms with Gasteiger partial charge in [-0.2, -0.15) is 5.26 Å². The first-order chi connectivity index (χ1) is 14.9. The van der Waals surface area contributed by atoms with Gasteiger partial charge in [0.25, 0.3) is 0 Å². The van der Waals surface area contributed by atoms with Gasteiger partial charge in [0.2, 0.25) is 10.0 Å². The highest BCUT2D eigenvalue weighted by Gasteiger charge is 2.15. The van der Waals surface area contributed by atoms with Crippen molar-refractivity contribution >= 4 is 21.6 Å². The molecule has 0 spiro atoms. The molecule has 31 heavy (non-hydrogen) atoms. The van der Waals surface area contributed by atoms with E-state index in [9.17, 15) is 13.7 Å². The number of nitriles is 1. The third-order valence-corrected chi connectivity index (χ3v) is 6.06. The molecule has 0 radical (unpaired) electrons. The number of nitrogens with zero attached hydrogens (tertiary/aromatic N) is 1. The number of benzene rings is 3. The number of halogens is 1. The Morgan fingerprint density at radius 3 is 2.19 bits per heavy atom. The molecule has 0 saturated heterocycles. The van der Waals surface area contributed by atoms with Crippen molar-refractivity contribution in [1.82, 2.24) is 4.72 Å². The highest BCUT2D eigenvalue weighted by Crippen LogP contribution is 2.30. The van der Waals surface area contributed by atoms with Gasteiger partial charge >= 0.3 is 0 Å². The number of methoxy groups -OCH3 is 2. The van der Waals surface area contributed by atoms with E-state index in [0.717, 1.165) is 0 Å². The highest BCUT2D eigenvalue weighted by atomic mass is 35.5. The molecule has 0 aliphatic rings. The van der Waals surface area contributed by atoms with Gasteiger partial charge in [-0.05, 0) is 54.1 Å². The fourth-order valence-corrected chi connectivity index (χ4v) is 3.97. The topological polar surface area (TPSA) is 97.6 Å². The molecule has 3 aromatic carbocycles. The van der Waals surface area contributed by atoms with Crippen LogP contribution in [0.15, 0.2) is 65.6 Å². The van der Waals surface area contributed by atoms with Gasteiger partial charge in [0.1, 0.15) is 34.6 Å². The second kappa shape index (κ2) is 9.71. The van der Waals surface area contributed by atoms with Gasteiger partial charge in [0, 0.05) is 12.6 Å². The molecule has 0 aliphatic heterocycles. The molecule has 160 valence electrons. The summed E-state index contributed by atoms with van der Waals surface area (Å²) in [4.78, 5) is 0.0707. The van der Waals surface area contributed by atoms with E-state index in [0.29, 0.717) is 22.8 Å². The lowest BCUT2D eigenvalue weighted by molar-refractivity contribution is 0.393. The SMILES string of the molecule is COc1cc(CNS(=O)(=O)c2ccc(Oc3cccc(Cl)c3C#N)cc2)cc(OC)c1. The number of hydrogen-bond donors (Lipinski definition) is 1. The summed E-state index contributed by atoms with van der Waals surface area (Å²) in [6.45, 7) is 0.0577. The predicted octanol–water partition coefficient (Wildman–Crippen LogP) is 4.50. The molecule has 1 N–H and O–H groups in total. The van der Waals surface area contributed by atoms with Crippen molar-refractivity contribution in [3.8, 4) is 29.1 Å². The zero-order valence-electron chi connectivity index (χ0n) is 16.8. The van der Waals surface area contributed by atoms with Crippen LogP contribution in [0.2, 0.25) is 5.02 Å². The Morgan fingerprint density at radius 1 is 0.968 bits per heavy atom. The zero-order chi connectivity index (χ0) is 22.4. The molecule has 0 unspecified atom stereocenters. The first-order valence-electron chi connectivity index (χ1n) is 9.04. The van der Waals surface area contributed by atoms with Crippen LogP contribution in [0.5, 0.6) is 23.0 Å². The van der Waals surface area contributed by atoms with Crippen molar-refractivity contribution in [3.05, 3.63) is 76.8 Å². The third kappa shape index (κ3) is 5.47. The minimum Gasteiger partial charge on any atom is -0.497 e. The Bertz CT molecular complexity index is 1200. The first-order valence-corrected chi connectivity index (χ1v) is 10.9. The molecule has 0 aromatic heterocycles. The Hall–Kier alpha value is -3.25. The van der Waals surface area contributed by atoms with Gasteiger partial charge in [-0.25, -0.2) is 13.1 Å². The van der Waals surface area contributed by atoms with Crippen LogP contribution in [0.1, 0.15) is 11.1 Å². The van der Waals surface area contributed by atoms with Crippen LogP contribution in [-0.2, 0) is 16.6 Å². The molecule has 0 atom stereocenters. The summed E-state index contributed by atoms with van der Waals surface area (Å²) in [5.74, 6) is 1.78. The molecule has 0 heterocycles. The van der Waals surface area contributed by atoms with E-state index in [-0.39, 0.29) is 27.8 Å². The molecule has 0 saturated carbocycles. The number of rotatable bonds is 8. The lowest BCUT2D eigenvalue weighted by Gasteiger charge is -2.11. The van der Waals surface area contributed by atoms with E-state index < -0.39 is 10.0 Å². The van der Waals surface area contributed by atoms with E-state index in [1.54, 1.807) is 36.4 Å². The van der Waals surface area contributed by atoms with Crippen LogP contribution in [0.4, 0.5) is 0 Å². The van der Waals surface area contributed by atoms with Gasteiger partial charge in [0.05, 0.1) is 24.1 Å². The van der Waals surface area contributed by atoms with Crippen LogP contribution in [-0.4, -0.2) is 22.6 Å². The Balaban J connectivity index is 1.73. The normalized spacial score (nSPS) is 10.9. The van der Waals surface area contributed by atoms with E-state index >= 15 is 0 Å². The van der Waals surface area contributed by atoms with E-state index in [1.165, 1.54) is 38.5 Å². The zero-order valence-corrected chi connectivity index (χ0v) is 18.3. The minimum atomic E-state index is -3.77. The fourth-order valence-electron chi connectivity index (χ4n) is 2.74. The van der Waals surface area contributed by atoms with E-state index in [1.807, 2.05) is 6.07 Å². The van der Waals surface area contributed by atoms with Crippen LogP contribution in [0.25, 0.3) is 0 Å². The monoisotopic (exact) mass is 458 g/mol. The highest BCUT2D eigenvalue weighted by molar-refractivity contribution is 7.89. The number of ether oxygens (including phenoxy) is 3. The number of nitrogens with one attached hydrogen (secondary N) is 1. The average Bonchev–Trinajstić information content (AvgIpc) is 2.78. The largest absolute Gasteiger partial charge is 0.497 e. The van der Waals surface area contributed by atoms with Crippen LogP contribution >= 0.6 is 11.6 Å². The number of hydrogen-bond acceptors (Lipinski definition) is 6. The quantitative estimate of drug-likeness (QED) is 0.533. The van der Waals surface area contributed by atoms with Crippen molar-refractivity contribution in [2.45, 2.75) is 11.4 Å².